The second kappa shape index (κ2) is 9.05. The molecule has 2 aromatic rings. The van der Waals surface area contributed by atoms with Crippen LogP contribution in [0.2, 0.25) is 0 Å². The molecule has 1 aliphatic carbocycles. The van der Waals surface area contributed by atoms with Crippen LogP contribution in [-0.2, 0) is 10.0 Å². The van der Waals surface area contributed by atoms with Gasteiger partial charge in [0.15, 0.2) is 0 Å². The summed E-state index contributed by atoms with van der Waals surface area (Å²) in [7, 11) is -3.42. The number of carbonyl (C=O) groups is 1. The van der Waals surface area contributed by atoms with Crippen LogP contribution in [0.25, 0.3) is 0 Å². The zero-order valence-electron chi connectivity index (χ0n) is 19.5. The largest absolute Gasteiger partial charge is 0.371 e. The van der Waals surface area contributed by atoms with E-state index in [9.17, 15) is 13.2 Å². The summed E-state index contributed by atoms with van der Waals surface area (Å²) in [5.74, 6) is 1.20. The van der Waals surface area contributed by atoms with Crippen molar-refractivity contribution in [3.8, 4) is 0 Å². The first-order valence-electron chi connectivity index (χ1n) is 12.2. The van der Waals surface area contributed by atoms with E-state index < -0.39 is 10.0 Å². The van der Waals surface area contributed by atoms with E-state index in [0.717, 1.165) is 51.0 Å². The van der Waals surface area contributed by atoms with Gasteiger partial charge in [-0.1, -0.05) is 6.42 Å². The van der Waals surface area contributed by atoms with Crippen LogP contribution in [0.1, 0.15) is 55.8 Å². The summed E-state index contributed by atoms with van der Waals surface area (Å²) < 4.78 is 27.0. The first-order chi connectivity index (χ1) is 16.4. The average Bonchev–Trinajstić information content (AvgIpc) is 3.59. The predicted octanol–water partition coefficient (Wildman–Crippen LogP) is 3.69. The van der Waals surface area contributed by atoms with E-state index in [0.29, 0.717) is 34.3 Å². The molecule has 5 rings (SSSR count). The lowest BCUT2D eigenvalue weighted by molar-refractivity contribution is 0.102. The number of sulfonamides is 1. The smallest absolute Gasteiger partial charge is 0.258 e. The second-order valence-electron chi connectivity index (χ2n) is 9.63. The number of nitrogens with zero attached hydrogens (tertiary/aromatic N) is 3. The summed E-state index contributed by atoms with van der Waals surface area (Å²) in [6.07, 6.45) is 8.59. The molecule has 4 bridgehead atoms. The molecule has 1 saturated carbocycles. The van der Waals surface area contributed by atoms with Gasteiger partial charge in [-0.25, -0.2) is 13.4 Å². The molecule has 3 aliphatic rings. The molecule has 1 aromatic heterocycles. The maximum absolute atomic E-state index is 13.3. The zero-order valence-corrected chi connectivity index (χ0v) is 20.3. The summed E-state index contributed by atoms with van der Waals surface area (Å²) in [5, 5.41) is 6.16. The van der Waals surface area contributed by atoms with Crippen LogP contribution in [-0.4, -0.2) is 49.7 Å². The van der Waals surface area contributed by atoms with Crippen molar-refractivity contribution < 1.29 is 13.2 Å². The number of nitrogens with one attached hydrogen (secondary N) is 3. The molecule has 2 aliphatic heterocycles. The van der Waals surface area contributed by atoms with E-state index in [4.69, 9.17) is 0 Å². The second-order valence-corrected chi connectivity index (χ2v) is 11.6. The van der Waals surface area contributed by atoms with E-state index in [2.05, 4.69) is 30.2 Å². The molecule has 182 valence electrons. The highest BCUT2D eigenvalue weighted by atomic mass is 32.2. The summed E-state index contributed by atoms with van der Waals surface area (Å²) >= 11 is 0. The van der Waals surface area contributed by atoms with Crippen molar-refractivity contribution in [1.82, 2.24) is 9.97 Å². The molecule has 0 radical (unpaired) electrons. The van der Waals surface area contributed by atoms with Gasteiger partial charge in [0.25, 0.3) is 5.91 Å². The summed E-state index contributed by atoms with van der Waals surface area (Å²) in [5.41, 5.74) is 2.19. The lowest BCUT2D eigenvalue weighted by Crippen LogP contribution is -2.42. The van der Waals surface area contributed by atoms with Crippen molar-refractivity contribution in [2.24, 2.45) is 11.3 Å². The molecular weight excluding hydrogens is 452 g/mol. The Hall–Kier alpha value is -2.88. The molecule has 1 aromatic carbocycles. The molecule has 3 heterocycles. The Balaban J connectivity index is 1.52. The summed E-state index contributed by atoms with van der Waals surface area (Å²) in [6.45, 7) is 4.14. The first-order valence-corrected chi connectivity index (χ1v) is 13.8. The number of carbonyl (C=O) groups excluding carboxylic acids is 1. The maximum Gasteiger partial charge on any atom is 0.258 e. The third-order valence-corrected chi connectivity index (χ3v) is 8.78. The molecule has 1 atom stereocenters. The standard InChI is InChI=1S/C24H32N6O3S/c1-2-34(32,33)29-18-6-7-19-20(15-18)30-14-11-24(9-10-24)17(16-30)5-3-4-12-25-23-26-13-8-21(28-23)27-22(19)31/h6-8,13,15,17,29H,2-5,9-12,14,16H2,1H3,(H2,25,26,27,28,31). The summed E-state index contributed by atoms with van der Waals surface area (Å²) in [4.78, 5) is 24.3. The van der Waals surface area contributed by atoms with E-state index in [1.54, 1.807) is 37.4 Å². The highest BCUT2D eigenvalue weighted by Crippen LogP contribution is 2.58. The minimum absolute atomic E-state index is 0.0110. The van der Waals surface area contributed by atoms with Crippen LogP contribution in [0.5, 0.6) is 0 Å². The van der Waals surface area contributed by atoms with Gasteiger partial charge in [-0.05, 0) is 74.6 Å². The van der Waals surface area contributed by atoms with Crippen LogP contribution in [0.3, 0.4) is 0 Å². The van der Waals surface area contributed by atoms with Gasteiger partial charge in [-0.15, -0.1) is 0 Å². The molecule has 9 nitrogen and oxygen atoms in total. The van der Waals surface area contributed by atoms with Gasteiger partial charge in [0, 0.05) is 25.8 Å². The number of fused-ring (bicyclic) bond motifs is 7. The van der Waals surface area contributed by atoms with Gasteiger partial charge in [-0.2, -0.15) is 4.98 Å². The van der Waals surface area contributed by atoms with E-state index >= 15 is 0 Å². The van der Waals surface area contributed by atoms with Gasteiger partial charge in [-0.3, -0.25) is 9.52 Å². The van der Waals surface area contributed by atoms with Crippen molar-refractivity contribution >= 4 is 39.1 Å². The third kappa shape index (κ3) is 4.82. The Bertz CT molecular complexity index is 1180. The molecule has 10 heteroatoms. The van der Waals surface area contributed by atoms with Crippen molar-refractivity contribution in [3.05, 3.63) is 36.0 Å². The predicted molar refractivity (Wildman–Crippen MR) is 134 cm³/mol. The van der Waals surface area contributed by atoms with Crippen LogP contribution in [0.15, 0.2) is 30.5 Å². The normalized spacial score (nSPS) is 22.0. The van der Waals surface area contributed by atoms with Crippen molar-refractivity contribution in [1.29, 1.82) is 0 Å². The SMILES string of the molecule is CCS(=O)(=O)Nc1ccc2c(c1)N1CCC3(CC3)C(CCCCNc3nccc(n3)NC2=O)C1. The van der Waals surface area contributed by atoms with E-state index in [-0.39, 0.29) is 11.7 Å². The fourth-order valence-corrected chi connectivity index (χ4v) is 5.89. The summed E-state index contributed by atoms with van der Waals surface area (Å²) in [6, 6.07) is 6.82. The van der Waals surface area contributed by atoms with Crippen LogP contribution in [0, 0.1) is 11.3 Å². The third-order valence-electron chi connectivity index (χ3n) is 7.47. The van der Waals surface area contributed by atoms with Gasteiger partial charge < -0.3 is 15.5 Å². The number of hydrogen-bond acceptors (Lipinski definition) is 7. The first kappa shape index (κ1) is 22.9. The van der Waals surface area contributed by atoms with E-state index in [1.165, 1.54) is 12.8 Å². The van der Waals surface area contributed by atoms with Gasteiger partial charge >= 0.3 is 0 Å². The van der Waals surface area contributed by atoms with Gasteiger partial charge in [0.1, 0.15) is 5.82 Å². The van der Waals surface area contributed by atoms with Crippen molar-refractivity contribution in [2.75, 3.05) is 45.6 Å². The number of rotatable bonds is 3. The fraction of sp³-hybridized carbons (Fsp3) is 0.542. The van der Waals surface area contributed by atoms with Gasteiger partial charge in [0.05, 0.1) is 22.7 Å². The number of piperidine rings is 1. The minimum atomic E-state index is -3.42. The van der Waals surface area contributed by atoms with Gasteiger partial charge in [0.2, 0.25) is 16.0 Å². The molecule has 3 N–H and O–H groups in total. The highest BCUT2D eigenvalue weighted by Gasteiger charge is 2.51. The Morgan fingerprint density at radius 1 is 1.21 bits per heavy atom. The number of amides is 1. The quantitative estimate of drug-likeness (QED) is 0.608. The Morgan fingerprint density at radius 2 is 2.06 bits per heavy atom. The molecule has 2 fully saturated rings. The number of benzene rings is 1. The average molecular weight is 485 g/mol. The lowest BCUT2D eigenvalue weighted by atomic mass is 9.79. The molecule has 1 unspecified atom stereocenters. The Labute approximate surface area is 200 Å². The van der Waals surface area contributed by atoms with Crippen LogP contribution >= 0.6 is 0 Å². The lowest BCUT2D eigenvalue weighted by Gasteiger charge is -2.41. The van der Waals surface area contributed by atoms with Crippen LogP contribution in [0.4, 0.5) is 23.1 Å². The topological polar surface area (TPSA) is 116 Å². The monoisotopic (exact) mass is 484 g/mol. The number of aromatic nitrogens is 2. The maximum atomic E-state index is 13.3. The molecule has 34 heavy (non-hydrogen) atoms. The van der Waals surface area contributed by atoms with Crippen molar-refractivity contribution in [3.63, 3.8) is 0 Å². The highest BCUT2D eigenvalue weighted by molar-refractivity contribution is 7.92. The number of anilines is 4. The Morgan fingerprint density at radius 3 is 2.85 bits per heavy atom. The number of hydrogen-bond donors (Lipinski definition) is 3. The molecule has 1 spiro atoms. The molecule has 1 saturated heterocycles. The molecule has 1 amide bonds. The van der Waals surface area contributed by atoms with Crippen molar-refractivity contribution in [2.45, 2.75) is 45.4 Å². The minimum Gasteiger partial charge on any atom is -0.371 e. The molecular formula is C24H32N6O3S. The zero-order chi connectivity index (χ0) is 23.8. The van der Waals surface area contributed by atoms with Crippen LogP contribution < -0.4 is 20.3 Å². The Kier molecular flexibility index (Phi) is 6.09. The van der Waals surface area contributed by atoms with E-state index in [1.807, 2.05) is 0 Å². The fourth-order valence-electron chi connectivity index (χ4n) is 5.26.